The molecule has 2 aromatic carbocycles. The van der Waals surface area contributed by atoms with Crippen molar-refractivity contribution in [3.63, 3.8) is 0 Å². The third-order valence-electron chi connectivity index (χ3n) is 9.04. The number of rotatable bonds is 26. The van der Waals surface area contributed by atoms with E-state index in [-0.39, 0.29) is 25.4 Å². The van der Waals surface area contributed by atoms with Gasteiger partial charge in [0.05, 0.1) is 23.4 Å². The molecule has 1 atom stereocenters. The summed E-state index contributed by atoms with van der Waals surface area (Å²) in [5.74, 6) is -0.877. The van der Waals surface area contributed by atoms with Gasteiger partial charge in [0.1, 0.15) is 5.82 Å². The first-order valence-corrected chi connectivity index (χ1v) is 21.1. The first kappa shape index (κ1) is 44.2. The van der Waals surface area contributed by atoms with Gasteiger partial charge < -0.3 is 20.1 Å². The molecule has 1 aliphatic rings. The third-order valence-corrected chi connectivity index (χ3v) is 10.2. The largest absolute Gasteiger partial charge is 0.462 e. The van der Waals surface area contributed by atoms with Crippen molar-refractivity contribution in [1.82, 2.24) is 9.69 Å². The van der Waals surface area contributed by atoms with Crippen molar-refractivity contribution >= 4 is 62.6 Å². The molecule has 1 amide bonds. The van der Waals surface area contributed by atoms with E-state index in [1.807, 2.05) is 30.4 Å². The van der Waals surface area contributed by atoms with Crippen LogP contribution in [0, 0.1) is 0 Å². The quantitative estimate of drug-likeness (QED) is 0.0469. The topological polar surface area (TPSA) is 110 Å². The molecule has 0 spiro atoms. The molecule has 0 fully saturated rings. The number of benzene rings is 2. The normalized spacial score (nSPS) is 13.7. The second-order valence-electron chi connectivity index (χ2n) is 13.4. The molecule has 1 aliphatic heterocycles. The van der Waals surface area contributed by atoms with Crippen LogP contribution >= 0.6 is 23.1 Å². The fourth-order valence-electron chi connectivity index (χ4n) is 6.12. The Morgan fingerprint density at radius 3 is 2.27 bits per heavy atom. The summed E-state index contributed by atoms with van der Waals surface area (Å²) >= 11 is 8.17. The summed E-state index contributed by atoms with van der Waals surface area (Å²) in [6.45, 7) is 6.08. The van der Waals surface area contributed by atoms with Crippen molar-refractivity contribution in [2.24, 2.45) is 0 Å². The van der Waals surface area contributed by atoms with Gasteiger partial charge in [0.25, 0.3) is 6.23 Å². The monoisotopic (exact) mass is 800 g/mol. The molecule has 0 radical (unpaired) electrons. The standard InChI is InChI=1S/C45H57ClN4O5S/c1-3-5-6-7-8-9-10-11-12-13-14-15-16-17-18-19-20-21-22-27-42(52)55-44(45(53)54-4-2)50-39-34-38(46)35(32-36(39)33-41(50)51)28-29-47-30-31-48-43-37-25-23-24-26-40(37)56-49-43/h8-9,11-12,14-15,17-18,20-21,23-26,32,34,44,47H,3-7,10,13,16,19,22,27-31,33H2,1-2H3,(H,48,49)/b9-8-,12-11-,15-14-,18-17-,21-20-. The number of anilines is 2. The summed E-state index contributed by atoms with van der Waals surface area (Å²) in [6, 6.07) is 11.7. The zero-order chi connectivity index (χ0) is 39.8. The van der Waals surface area contributed by atoms with E-state index in [4.69, 9.17) is 21.1 Å². The van der Waals surface area contributed by atoms with Crippen molar-refractivity contribution in [3.8, 4) is 0 Å². The van der Waals surface area contributed by atoms with Gasteiger partial charge in [0.15, 0.2) is 0 Å². The van der Waals surface area contributed by atoms with Gasteiger partial charge in [-0.25, -0.2) is 4.79 Å². The lowest BCUT2D eigenvalue weighted by Gasteiger charge is -2.26. The SMILES string of the molecule is CCCCC/C=C\C/C=C\C/C=C\C/C=C\C/C=C\CCC(=O)OC(C(=O)OCC)N1C(=O)Cc2cc(CCNCCNc3nsc4ccccc34)c(Cl)cc21. The molecule has 0 bridgehead atoms. The van der Waals surface area contributed by atoms with Gasteiger partial charge in [0, 0.05) is 29.9 Å². The molecule has 1 unspecified atom stereocenters. The molecule has 2 heterocycles. The summed E-state index contributed by atoms with van der Waals surface area (Å²) in [7, 11) is 0. The van der Waals surface area contributed by atoms with Crippen LogP contribution in [0.1, 0.15) is 89.2 Å². The molecule has 11 heteroatoms. The fraction of sp³-hybridized carbons (Fsp3) is 0.422. The number of nitrogens with one attached hydrogen (secondary N) is 2. The lowest BCUT2D eigenvalue weighted by Crippen LogP contribution is -2.47. The molecule has 3 aromatic rings. The van der Waals surface area contributed by atoms with Crippen LogP contribution in [0.15, 0.2) is 97.2 Å². The van der Waals surface area contributed by atoms with Gasteiger partial charge >= 0.3 is 11.9 Å². The van der Waals surface area contributed by atoms with Crippen molar-refractivity contribution in [2.45, 2.75) is 97.1 Å². The molecule has 56 heavy (non-hydrogen) atoms. The predicted molar refractivity (Wildman–Crippen MR) is 231 cm³/mol. The smallest absolute Gasteiger partial charge is 0.369 e. The zero-order valence-corrected chi connectivity index (χ0v) is 34.4. The van der Waals surface area contributed by atoms with E-state index >= 15 is 0 Å². The van der Waals surface area contributed by atoms with Crippen LogP contribution in [0.3, 0.4) is 0 Å². The summed E-state index contributed by atoms with van der Waals surface area (Å²) < 4.78 is 16.5. The number of aromatic nitrogens is 1. The lowest BCUT2D eigenvalue weighted by molar-refractivity contribution is -0.168. The Labute approximate surface area is 341 Å². The number of halogens is 1. The van der Waals surface area contributed by atoms with E-state index in [2.05, 4.69) is 82.7 Å². The molecule has 9 nitrogen and oxygen atoms in total. The van der Waals surface area contributed by atoms with Crippen molar-refractivity contribution in [1.29, 1.82) is 0 Å². The average molecular weight is 801 g/mol. The van der Waals surface area contributed by atoms with E-state index in [9.17, 15) is 14.4 Å². The van der Waals surface area contributed by atoms with Crippen LogP contribution in [0.25, 0.3) is 10.1 Å². The van der Waals surface area contributed by atoms with Gasteiger partial charge in [-0.15, -0.1) is 0 Å². The number of carbonyl (C=O) groups is 3. The van der Waals surface area contributed by atoms with Gasteiger partial charge in [0.2, 0.25) is 5.91 Å². The Kier molecular flexibility index (Phi) is 20.2. The summed E-state index contributed by atoms with van der Waals surface area (Å²) in [5, 5.41) is 8.39. The number of esters is 2. The highest BCUT2D eigenvalue weighted by molar-refractivity contribution is 7.13. The highest BCUT2D eigenvalue weighted by atomic mass is 35.5. The maximum absolute atomic E-state index is 13.3. The minimum atomic E-state index is -1.53. The van der Waals surface area contributed by atoms with Crippen LogP contribution in [0.5, 0.6) is 0 Å². The minimum absolute atomic E-state index is 0.0541. The minimum Gasteiger partial charge on any atom is -0.462 e. The Morgan fingerprint density at radius 2 is 1.57 bits per heavy atom. The van der Waals surface area contributed by atoms with E-state index in [0.717, 1.165) is 59.3 Å². The van der Waals surface area contributed by atoms with Crippen LogP contribution in [0.4, 0.5) is 11.5 Å². The average Bonchev–Trinajstić information content (AvgIpc) is 3.75. The van der Waals surface area contributed by atoms with Crippen LogP contribution in [-0.2, 0) is 36.7 Å². The number of nitrogens with zero attached hydrogens (tertiary/aromatic N) is 2. The number of hydrogen-bond acceptors (Lipinski definition) is 9. The Balaban J connectivity index is 1.17. The van der Waals surface area contributed by atoms with E-state index in [1.54, 1.807) is 13.0 Å². The van der Waals surface area contributed by atoms with E-state index in [0.29, 0.717) is 36.6 Å². The fourth-order valence-corrected chi connectivity index (χ4v) is 7.13. The molecule has 0 saturated heterocycles. The first-order valence-electron chi connectivity index (χ1n) is 20.0. The maximum Gasteiger partial charge on any atom is 0.369 e. The van der Waals surface area contributed by atoms with Crippen molar-refractivity contribution in [2.75, 3.05) is 36.5 Å². The molecule has 0 aliphatic carbocycles. The lowest BCUT2D eigenvalue weighted by atomic mass is 10.1. The Morgan fingerprint density at radius 1 is 0.893 bits per heavy atom. The van der Waals surface area contributed by atoms with Crippen LogP contribution in [0.2, 0.25) is 5.02 Å². The van der Waals surface area contributed by atoms with Gasteiger partial charge in [-0.05, 0) is 106 Å². The van der Waals surface area contributed by atoms with Crippen LogP contribution in [-0.4, -0.2) is 54.7 Å². The highest BCUT2D eigenvalue weighted by Gasteiger charge is 2.41. The third kappa shape index (κ3) is 14.9. The van der Waals surface area contributed by atoms with E-state index < -0.39 is 18.2 Å². The zero-order valence-electron chi connectivity index (χ0n) is 32.9. The maximum atomic E-state index is 13.3. The molecule has 4 rings (SSSR count). The van der Waals surface area contributed by atoms with Crippen molar-refractivity contribution in [3.05, 3.63) is 113 Å². The number of unbranched alkanes of at least 4 members (excludes halogenated alkanes) is 3. The van der Waals surface area contributed by atoms with Gasteiger partial charge in [-0.3, -0.25) is 14.5 Å². The van der Waals surface area contributed by atoms with Gasteiger partial charge in [-0.2, -0.15) is 4.37 Å². The first-order chi connectivity index (χ1) is 27.4. The molecule has 2 N–H and O–H groups in total. The molecule has 300 valence electrons. The van der Waals surface area contributed by atoms with Crippen LogP contribution < -0.4 is 15.5 Å². The van der Waals surface area contributed by atoms with Crippen molar-refractivity contribution < 1.29 is 23.9 Å². The summed E-state index contributed by atoms with van der Waals surface area (Å²) in [6.07, 6.45) is 29.6. The molecule has 1 aromatic heterocycles. The Hall–Kier alpha value is -4.51. The van der Waals surface area contributed by atoms with Gasteiger partial charge in [-0.1, -0.05) is 110 Å². The second kappa shape index (κ2) is 25.6. The number of amides is 1. The number of hydrogen-bond donors (Lipinski definition) is 2. The van der Waals surface area contributed by atoms with E-state index in [1.165, 1.54) is 42.1 Å². The Bertz CT molecular complexity index is 1850. The second-order valence-corrected chi connectivity index (χ2v) is 14.6. The highest BCUT2D eigenvalue weighted by Crippen LogP contribution is 2.36. The number of ether oxygens (including phenoxy) is 2. The molecular formula is C45H57ClN4O5S. The molecule has 0 saturated carbocycles. The summed E-state index contributed by atoms with van der Waals surface area (Å²) in [5.41, 5.74) is 2.05. The number of carbonyl (C=O) groups excluding carboxylic acids is 3. The number of allylic oxidation sites excluding steroid dienone is 10. The number of fused-ring (bicyclic) bond motifs is 2. The predicted octanol–water partition coefficient (Wildman–Crippen LogP) is 10.2. The molecular weight excluding hydrogens is 744 g/mol. The summed E-state index contributed by atoms with van der Waals surface area (Å²) in [4.78, 5) is 40.4.